The SMILES string of the molecule is Cc1ccc(OCC(C)NC(=O)C(C)N(c2cc(C)ccc2C)S(C)(=O)=O)cc1. The van der Waals surface area contributed by atoms with Crippen LogP contribution in [0.25, 0.3) is 0 Å². The smallest absolute Gasteiger partial charge is 0.243 e. The first-order valence-electron chi connectivity index (χ1n) is 9.55. The van der Waals surface area contributed by atoms with Crippen LogP contribution in [0.15, 0.2) is 42.5 Å². The lowest BCUT2D eigenvalue weighted by Gasteiger charge is -2.30. The molecule has 1 amide bonds. The second kappa shape index (κ2) is 9.31. The predicted octanol–water partition coefficient (Wildman–Crippen LogP) is 3.35. The number of ether oxygens (including phenoxy) is 1. The Morgan fingerprint density at radius 3 is 2.21 bits per heavy atom. The summed E-state index contributed by atoms with van der Waals surface area (Å²) in [4.78, 5) is 12.8. The van der Waals surface area contributed by atoms with E-state index >= 15 is 0 Å². The molecule has 0 aliphatic rings. The first kappa shape index (κ1) is 22.7. The van der Waals surface area contributed by atoms with Crippen molar-refractivity contribution in [1.29, 1.82) is 0 Å². The molecule has 0 aliphatic heterocycles. The molecule has 158 valence electrons. The van der Waals surface area contributed by atoms with Crippen molar-refractivity contribution in [2.24, 2.45) is 0 Å². The van der Waals surface area contributed by atoms with Gasteiger partial charge in [-0.25, -0.2) is 8.42 Å². The molecule has 0 spiro atoms. The van der Waals surface area contributed by atoms with E-state index in [0.29, 0.717) is 5.69 Å². The number of carbonyl (C=O) groups excluding carboxylic acids is 1. The van der Waals surface area contributed by atoms with Crippen LogP contribution in [0.4, 0.5) is 5.69 Å². The average Bonchev–Trinajstić information content (AvgIpc) is 2.63. The fourth-order valence-corrected chi connectivity index (χ4v) is 4.22. The number of benzene rings is 2. The molecular formula is C22H30N2O4S. The van der Waals surface area contributed by atoms with Gasteiger partial charge in [0.25, 0.3) is 0 Å². The van der Waals surface area contributed by atoms with Gasteiger partial charge in [0.15, 0.2) is 0 Å². The molecule has 1 N–H and O–H groups in total. The summed E-state index contributed by atoms with van der Waals surface area (Å²) in [6.07, 6.45) is 1.11. The molecule has 2 aromatic rings. The zero-order valence-electron chi connectivity index (χ0n) is 17.9. The van der Waals surface area contributed by atoms with Gasteiger partial charge in [-0.2, -0.15) is 0 Å². The van der Waals surface area contributed by atoms with Gasteiger partial charge in [-0.1, -0.05) is 29.8 Å². The van der Waals surface area contributed by atoms with Gasteiger partial charge in [0.05, 0.1) is 18.0 Å². The molecule has 2 rings (SSSR count). The number of rotatable bonds is 8. The fourth-order valence-electron chi connectivity index (χ4n) is 3.00. The number of aryl methyl sites for hydroxylation is 3. The quantitative estimate of drug-likeness (QED) is 0.713. The summed E-state index contributed by atoms with van der Waals surface area (Å²) in [5.74, 6) is 0.342. The van der Waals surface area contributed by atoms with Crippen LogP contribution in [0.5, 0.6) is 5.75 Å². The van der Waals surface area contributed by atoms with E-state index in [0.717, 1.165) is 28.7 Å². The van der Waals surface area contributed by atoms with E-state index in [1.165, 1.54) is 4.31 Å². The third-order valence-electron chi connectivity index (χ3n) is 4.60. The maximum absolute atomic E-state index is 12.8. The Morgan fingerprint density at radius 2 is 1.62 bits per heavy atom. The molecule has 2 aromatic carbocycles. The van der Waals surface area contributed by atoms with Gasteiger partial charge in [0.2, 0.25) is 15.9 Å². The second-order valence-corrected chi connectivity index (χ2v) is 9.42. The first-order chi connectivity index (χ1) is 13.5. The van der Waals surface area contributed by atoms with Crippen molar-refractivity contribution in [2.75, 3.05) is 17.2 Å². The van der Waals surface area contributed by atoms with E-state index in [1.807, 2.05) is 64.1 Å². The summed E-state index contributed by atoms with van der Waals surface area (Å²) in [7, 11) is -3.66. The Hall–Kier alpha value is -2.54. The fraction of sp³-hybridized carbons (Fsp3) is 0.409. The summed E-state index contributed by atoms with van der Waals surface area (Å²) in [6, 6.07) is 12.0. The van der Waals surface area contributed by atoms with E-state index in [1.54, 1.807) is 13.0 Å². The van der Waals surface area contributed by atoms with Gasteiger partial charge in [-0.3, -0.25) is 9.10 Å². The largest absolute Gasteiger partial charge is 0.491 e. The number of nitrogens with zero attached hydrogens (tertiary/aromatic N) is 1. The first-order valence-corrected chi connectivity index (χ1v) is 11.4. The normalized spacial score (nSPS) is 13.4. The van der Waals surface area contributed by atoms with Crippen LogP contribution in [-0.4, -0.2) is 39.3 Å². The van der Waals surface area contributed by atoms with Gasteiger partial charge < -0.3 is 10.1 Å². The van der Waals surface area contributed by atoms with Gasteiger partial charge >= 0.3 is 0 Å². The lowest BCUT2D eigenvalue weighted by Crippen LogP contribution is -2.51. The van der Waals surface area contributed by atoms with Crippen LogP contribution in [-0.2, 0) is 14.8 Å². The maximum atomic E-state index is 12.8. The molecule has 0 heterocycles. The number of amides is 1. The third-order valence-corrected chi connectivity index (χ3v) is 5.83. The Labute approximate surface area is 173 Å². The van der Waals surface area contributed by atoms with Crippen LogP contribution < -0.4 is 14.4 Å². The number of hydrogen-bond acceptors (Lipinski definition) is 4. The van der Waals surface area contributed by atoms with Crippen molar-refractivity contribution in [2.45, 2.75) is 46.7 Å². The Morgan fingerprint density at radius 1 is 1.03 bits per heavy atom. The minimum atomic E-state index is -3.66. The van der Waals surface area contributed by atoms with E-state index < -0.39 is 16.1 Å². The maximum Gasteiger partial charge on any atom is 0.243 e. The number of carbonyl (C=O) groups is 1. The number of anilines is 1. The van der Waals surface area contributed by atoms with Crippen molar-refractivity contribution >= 4 is 21.6 Å². The Bertz CT molecular complexity index is 955. The lowest BCUT2D eigenvalue weighted by molar-refractivity contribution is -0.122. The molecule has 0 fully saturated rings. The molecule has 0 aliphatic carbocycles. The van der Waals surface area contributed by atoms with Crippen LogP contribution in [0, 0.1) is 20.8 Å². The summed E-state index contributed by atoms with van der Waals surface area (Å²) in [6.45, 7) is 9.41. The van der Waals surface area contributed by atoms with Crippen molar-refractivity contribution in [3.8, 4) is 5.75 Å². The molecule has 0 saturated heterocycles. The van der Waals surface area contributed by atoms with Gasteiger partial charge in [0, 0.05) is 0 Å². The highest BCUT2D eigenvalue weighted by Gasteiger charge is 2.30. The van der Waals surface area contributed by atoms with Gasteiger partial charge in [-0.15, -0.1) is 0 Å². The van der Waals surface area contributed by atoms with Crippen LogP contribution in [0.1, 0.15) is 30.5 Å². The number of sulfonamides is 1. The summed E-state index contributed by atoms with van der Waals surface area (Å²) < 4.78 is 31.9. The zero-order valence-corrected chi connectivity index (χ0v) is 18.7. The summed E-state index contributed by atoms with van der Waals surface area (Å²) in [5, 5.41) is 2.85. The van der Waals surface area contributed by atoms with Crippen molar-refractivity contribution < 1.29 is 17.9 Å². The standard InChI is InChI=1S/C22H30N2O4S/c1-15-8-11-20(12-9-15)28-14-18(4)23-22(25)19(5)24(29(6,26)27)21-13-16(2)7-10-17(21)3/h7-13,18-19H,14H2,1-6H3,(H,23,25). The van der Waals surface area contributed by atoms with Crippen LogP contribution in [0.3, 0.4) is 0 Å². The number of hydrogen-bond donors (Lipinski definition) is 1. The van der Waals surface area contributed by atoms with E-state index in [9.17, 15) is 13.2 Å². The van der Waals surface area contributed by atoms with Gasteiger partial charge in [0.1, 0.15) is 18.4 Å². The van der Waals surface area contributed by atoms with Crippen LogP contribution >= 0.6 is 0 Å². The highest BCUT2D eigenvalue weighted by molar-refractivity contribution is 7.92. The molecule has 2 atom stereocenters. The lowest BCUT2D eigenvalue weighted by atomic mass is 10.1. The molecule has 0 saturated carbocycles. The summed E-state index contributed by atoms with van der Waals surface area (Å²) in [5.41, 5.74) is 3.36. The minimum absolute atomic E-state index is 0.282. The average molecular weight is 419 g/mol. The van der Waals surface area contributed by atoms with E-state index in [2.05, 4.69) is 5.32 Å². The highest BCUT2D eigenvalue weighted by atomic mass is 32.2. The molecule has 0 bridgehead atoms. The van der Waals surface area contributed by atoms with Crippen LogP contribution in [0.2, 0.25) is 0 Å². The Balaban J connectivity index is 2.10. The van der Waals surface area contributed by atoms with Gasteiger partial charge in [-0.05, 0) is 63.9 Å². The molecule has 6 nitrogen and oxygen atoms in total. The summed E-state index contributed by atoms with van der Waals surface area (Å²) >= 11 is 0. The molecule has 7 heteroatoms. The second-order valence-electron chi connectivity index (χ2n) is 7.56. The van der Waals surface area contributed by atoms with Crippen molar-refractivity contribution in [1.82, 2.24) is 5.32 Å². The van der Waals surface area contributed by atoms with Crippen molar-refractivity contribution in [3.63, 3.8) is 0 Å². The topological polar surface area (TPSA) is 75.7 Å². The van der Waals surface area contributed by atoms with E-state index in [-0.39, 0.29) is 18.6 Å². The highest BCUT2D eigenvalue weighted by Crippen LogP contribution is 2.26. The molecule has 29 heavy (non-hydrogen) atoms. The molecule has 0 radical (unpaired) electrons. The molecule has 2 unspecified atom stereocenters. The minimum Gasteiger partial charge on any atom is -0.491 e. The van der Waals surface area contributed by atoms with Crippen molar-refractivity contribution in [3.05, 3.63) is 59.2 Å². The monoisotopic (exact) mass is 418 g/mol. The van der Waals surface area contributed by atoms with E-state index in [4.69, 9.17) is 4.74 Å². The molecular weight excluding hydrogens is 388 g/mol. The molecule has 0 aromatic heterocycles. The number of nitrogens with one attached hydrogen (secondary N) is 1. The third kappa shape index (κ3) is 6.22. The predicted molar refractivity (Wildman–Crippen MR) is 117 cm³/mol. The Kier molecular flexibility index (Phi) is 7.30. The zero-order chi connectivity index (χ0) is 21.8.